The molecule has 1 unspecified atom stereocenters. The van der Waals surface area contributed by atoms with Crippen molar-refractivity contribution in [1.82, 2.24) is 26.0 Å². The molecule has 0 bridgehead atoms. The standard InChI is InChI=1S/C58H88N8O13/c1-37(2)54(64-51(69)15-9-8-10-26-59)49(68)31-44(14-13-27-61-56(60)73)55(72)62-45-21-19-43(20-22-45)35-75-57(74)66-29-12-11-28-65(66)53(71)32-47-34-58(36-76-58)33-46(79-47)23-16-38(3)17-24-50-39(4)30-48(41(6)78-50)63-52(70)25-18-40(5)77-42(7)67/h16-23,25,37,39-41,44,46-48,50,54H,8-15,24,26-36,59H2,1-7H3,(H,62,72)(H,63,70)(H,64,69)(H3,60,61,73)/b23-16+,25-18-,38-17+/t39-,40-,41+,44+,46?,47+,48+,50-,54-,58+/m0/s1. The normalized spacial score (nSPS) is 24.4. The number of carbonyl (C=O) groups is 8. The van der Waals surface area contributed by atoms with Gasteiger partial charge in [0, 0.05) is 69.9 Å². The van der Waals surface area contributed by atoms with Crippen LogP contribution in [0.25, 0.3) is 0 Å². The molecule has 0 radical (unpaired) electrons. The van der Waals surface area contributed by atoms with Crippen LogP contribution < -0.4 is 32.7 Å². The van der Waals surface area contributed by atoms with Crippen molar-refractivity contribution in [1.29, 1.82) is 0 Å². The van der Waals surface area contributed by atoms with Crippen molar-refractivity contribution in [3.8, 4) is 0 Å². The summed E-state index contributed by atoms with van der Waals surface area (Å²) in [6.45, 7) is 14.7. The number of ether oxygens (including phenoxy) is 5. The van der Waals surface area contributed by atoms with Crippen molar-refractivity contribution in [2.75, 3.05) is 38.1 Å². The van der Waals surface area contributed by atoms with E-state index >= 15 is 0 Å². The topological polar surface area (TPSA) is 293 Å². The number of rotatable bonds is 28. The van der Waals surface area contributed by atoms with Crippen LogP contribution in [-0.4, -0.2) is 139 Å². The number of benzene rings is 1. The maximum Gasteiger partial charge on any atom is 0.429 e. The fourth-order valence-corrected chi connectivity index (χ4v) is 10.3. The molecule has 1 spiro atoms. The highest BCUT2D eigenvalue weighted by Crippen LogP contribution is 2.43. The molecule has 1 aromatic carbocycles. The van der Waals surface area contributed by atoms with Gasteiger partial charge < -0.3 is 56.4 Å². The van der Waals surface area contributed by atoms with Gasteiger partial charge in [-0.25, -0.2) is 19.6 Å². The zero-order chi connectivity index (χ0) is 57.6. The van der Waals surface area contributed by atoms with E-state index in [0.717, 1.165) is 31.3 Å². The summed E-state index contributed by atoms with van der Waals surface area (Å²) in [4.78, 5) is 103. The highest BCUT2D eigenvalue weighted by Gasteiger charge is 2.52. The number of unbranched alkanes of at least 4 members (excludes halogenated alkanes) is 2. The summed E-state index contributed by atoms with van der Waals surface area (Å²) in [7, 11) is 0. The first kappa shape index (κ1) is 63.7. The second-order valence-corrected chi connectivity index (χ2v) is 22.1. The Labute approximate surface area is 466 Å². The van der Waals surface area contributed by atoms with E-state index in [1.165, 1.54) is 23.0 Å². The van der Waals surface area contributed by atoms with Crippen LogP contribution >= 0.6 is 0 Å². The zero-order valence-electron chi connectivity index (χ0n) is 47.5. The number of ketones is 1. The minimum absolute atomic E-state index is 0.0345. The molecular weight excluding hydrogens is 1020 g/mol. The minimum atomic E-state index is -0.777. The highest BCUT2D eigenvalue weighted by atomic mass is 16.6. The van der Waals surface area contributed by atoms with Gasteiger partial charge in [-0.15, -0.1) is 0 Å². The number of carbonyl (C=O) groups excluding carboxylic acids is 8. The third-order valence-electron chi connectivity index (χ3n) is 14.8. The summed E-state index contributed by atoms with van der Waals surface area (Å²) in [6.07, 6.45) is 14.2. The number of amides is 7. The number of nitrogens with zero attached hydrogens (tertiary/aromatic N) is 2. The van der Waals surface area contributed by atoms with Gasteiger partial charge in [0.15, 0.2) is 5.78 Å². The third kappa shape index (κ3) is 21.8. The van der Waals surface area contributed by atoms with Crippen LogP contribution in [0.1, 0.15) is 144 Å². The first-order valence-corrected chi connectivity index (χ1v) is 28.3. The summed E-state index contributed by atoms with van der Waals surface area (Å²) in [6, 6.07) is 5.12. The van der Waals surface area contributed by atoms with Crippen molar-refractivity contribution in [2.45, 2.75) is 193 Å². The molecule has 4 aliphatic heterocycles. The molecule has 1 aromatic rings. The fourth-order valence-electron chi connectivity index (χ4n) is 10.3. The maximum atomic E-state index is 14.0. The molecule has 0 saturated carbocycles. The summed E-state index contributed by atoms with van der Waals surface area (Å²) in [5, 5.41) is 14.1. The number of hydrogen-bond acceptors (Lipinski definition) is 14. The highest BCUT2D eigenvalue weighted by molar-refractivity contribution is 5.97. The zero-order valence-corrected chi connectivity index (χ0v) is 47.5. The Balaban J connectivity index is 1.10. The SMILES string of the molecule is CC(=O)O[C@@H](C)/C=C\C(=O)N[C@@H]1C[C@H](C)[C@H](C/C=C(C)/C=C/C2C[C@]3(CO3)C[C@@H](CC(=O)N3CCCCN3C(=O)OCc3ccc(NC(=O)[C@H](CCCNC(N)=O)CC(=O)[C@@H](NC(=O)CCCCCN)C(C)C)cc3)O2)O[C@@H]1C. The smallest absolute Gasteiger partial charge is 0.429 e. The van der Waals surface area contributed by atoms with Gasteiger partial charge in [0.05, 0.1) is 55.1 Å². The Morgan fingerprint density at radius 1 is 0.911 bits per heavy atom. The first-order chi connectivity index (χ1) is 37.6. The van der Waals surface area contributed by atoms with Gasteiger partial charge in [-0.05, 0) is 114 Å². The largest absolute Gasteiger partial charge is 0.459 e. The fraction of sp³-hybridized carbons (Fsp3) is 0.655. The molecule has 21 heteroatoms. The van der Waals surface area contributed by atoms with Gasteiger partial charge in [0.25, 0.3) is 0 Å². The molecule has 4 heterocycles. The van der Waals surface area contributed by atoms with Crippen LogP contribution in [0.4, 0.5) is 15.3 Å². The summed E-state index contributed by atoms with van der Waals surface area (Å²) in [5.74, 6) is -2.63. The van der Waals surface area contributed by atoms with Crippen LogP contribution in [0.15, 0.2) is 60.2 Å². The molecule has 4 fully saturated rings. The molecule has 5 rings (SSSR count). The molecular formula is C58H88N8O13. The number of anilines is 1. The Kier molecular flexibility index (Phi) is 25.5. The molecule has 8 N–H and O–H groups in total. The van der Waals surface area contributed by atoms with Crippen LogP contribution in [0.5, 0.6) is 0 Å². The van der Waals surface area contributed by atoms with Crippen molar-refractivity contribution >= 4 is 53.2 Å². The van der Waals surface area contributed by atoms with Gasteiger partial charge >= 0.3 is 18.1 Å². The predicted molar refractivity (Wildman–Crippen MR) is 296 cm³/mol. The number of epoxide rings is 1. The van der Waals surface area contributed by atoms with Gasteiger partial charge in [-0.1, -0.05) is 63.1 Å². The van der Waals surface area contributed by atoms with Gasteiger partial charge in [-0.3, -0.25) is 28.8 Å². The quantitative estimate of drug-likeness (QED) is 0.0179. The lowest BCUT2D eigenvalue weighted by molar-refractivity contribution is -0.155. The van der Waals surface area contributed by atoms with Crippen molar-refractivity contribution in [3.63, 3.8) is 0 Å². The van der Waals surface area contributed by atoms with Crippen molar-refractivity contribution in [3.05, 3.63) is 65.8 Å². The molecule has 79 heavy (non-hydrogen) atoms. The number of Topliss-reactive ketones (excluding diaryl/α,β-unsaturated/α-hetero) is 1. The number of nitrogens with one attached hydrogen (secondary N) is 4. The van der Waals surface area contributed by atoms with E-state index in [0.29, 0.717) is 76.0 Å². The van der Waals surface area contributed by atoms with E-state index in [-0.39, 0.29) is 104 Å². The summed E-state index contributed by atoms with van der Waals surface area (Å²) >= 11 is 0. The number of urea groups is 1. The second-order valence-electron chi connectivity index (χ2n) is 22.1. The lowest BCUT2D eigenvalue weighted by atomic mass is 9.88. The number of primary amides is 1. The molecule has 7 amide bonds. The molecule has 0 aliphatic carbocycles. The molecule has 4 saturated heterocycles. The first-order valence-electron chi connectivity index (χ1n) is 28.3. The second kappa shape index (κ2) is 31.6. The predicted octanol–water partition coefficient (Wildman–Crippen LogP) is 6.19. The molecule has 21 nitrogen and oxygen atoms in total. The summed E-state index contributed by atoms with van der Waals surface area (Å²) < 4.78 is 29.6. The van der Waals surface area contributed by atoms with E-state index in [1.807, 2.05) is 39.8 Å². The lowest BCUT2D eigenvalue weighted by Gasteiger charge is -2.39. The summed E-state index contributed by atoms with van der Waals surface area (Å²) in [5.41, 5.74) is 12.6. The third-order valence-corrected chi connectivity index (χ3v) is 14.8. The van der Waals surface area contributed by atoms with Crippen molar-refractivity contribution < 1.29 is 62.0 Å². The number of hydrogen-bond donors (Lipinski definition) is 6. The molecule has 438 valence electrons. The minimum Gasteiger partial charge on any atom is -0.459 e. The van der Waals surface area contributed by atoms with Crippen molar-refractivity contribution in [2.24, 2.45) is 29.2 Å². The lowest BCUT2D eigenvalue weighted by Crippen LogP contribution is -2.54. The number of esters is 1. The van der Waals surface area contributed by atoms with E-state index < -0.39 is 48.2 Å². The van der Waals surface area contributed by atoms with E-state index in [9.17, 15) is 38.4 Å². The maximum absolute atomic E-state index is 14.0. The van der Waals surface area contributed by atoms with Gasteiger partial charge in [0.2, 0.25) is 23.6 Å². The number of hydrazine groups is 1. The molecule has 0 aromatic heterocycles. The van der Waals surface area contributed by atoms with Crippen LogP contribution in [0.2, 0.25) is 0 Å². The monoisotopic (exact) mass is 1100 g/mol. The average Bonchev–Trinajstić information content (AvgIpc) is 4.17. The van der Waals surface area contributed by atoms with Crippen LogP contribution in [0.3, 0.4) is 0 Å². The van der Waals surface area contributed by atoms with Gasteiger partial charge in [0.1, 0.15) is 12.7 Å². The Morgan fingerprint density at radius 2 is 1.63 bits per heavy atom. The van der Waals surface area contributed by atoms with Crippen LogP contribution in [0, 0.1) is 17.8 Å². The van der Waals surface area contributed by atoms with E-state index in [4.69, 9.17) is 35.2 Å². The molecule has 10 atom stereocenters. The molecule has 4 aliphatic rings. The number of allylic oxidation sites excluding steroid dienone is 2. The van der Waals surface area contributed by atoms with E-state index in [2.05, 4.69) is 34.3 Å². The van der Waals surface area contributed by atoms with Crippen LogP contribution in [-0.2, 0) is 59.1 Å². The Hall–Kier alpha value is -6.16. The average molecular weight is 1110 g/mol. The number of nitrogens with two attached hydrogens (primary N) is 2. The van der Waals surface area contributed by atoms with E-state index in [1.54, 1.807) is 37.3 Å². The Morgan fingerprint density at radius 3 is 2.30 bits per heavy atom. The van der Waals surface area contributed by atoms with Gasteiger partial charge in [-0.2, -0.15) is 0 Å². The Bertz CT molecular complexity index is 2320.